The number of methoxy groups -OCH3 is 1. The highest BCUT2D eigenvalue weighted by molar-refractivity contribution is 6.36. The maximum atomic E-state index is 13.4. The topological polar surface area (TPSA) is 61.9 Å². The zero-order valence-corrected chi connectivity index (χ0v) is 17.4. The van der Waals surface area contributed by atoms with Crippen LogP contribution in [0.2, 0.25) is 0 Å². The third kappa shape index (κ3) is 4.36. The van der Waals surface area contributed by atoms with Gasteiger partial charge in [-0.25, -0.2) is 4.39 Å². The smallest absolute Gasteiger partial charge is 0.278 e. The minimum Gasteiger partial charge on any atom is -0.383 e. The van der Waals surface area contributed by atoms with E-state index in [0.717, 1.165) is 23.7 Å². The summed E-state index contributed by atoms with van der Waals surface area (Å²) in [7, 11) is 1.51. The Morgan fingerprint density at radius 3 is 2.17 bits per heavy atom. The van der Waals surface area contributed by atoms with Gasteiger partial charge in [0, 0.05) is 31.6 Å². The van der Waals surface area contributed by atoms with Gasteiger partial charge in [0.15, 0.2) is 0 Å². The highest BCUT2D eigenvalue weighted by Crippen LogP contribution is 2.31. The van der Waals surface area contributed by atoms with E-state index in [0.29, 0.717) is 11.3 Å². The van der Waals surface area contributed by atoms with E-state index in [1.165, 1.54) is 31.4 Å². The van der Waals surface area contributed by atoms with Crippen molar-refractivity contribution in [3.63, 3.8) is 0 Å². The molecule has 0 aromatic heterocycles. The Morgan fingerprint density at radius 2 is 1.60 bits per heavy atom. The number of benzene rings is 2. The minimum absolute atomic E-state index is 0.144. The van der Waals surface area contributed by atoms with Gasteiger partial charge in [0.25, 0.3) is 11.8 Å². The molecule has 0 bridgehead atoms. The molecule has 0 unspecified atom stereocenters. The molecule has 30 heavy (non-hydrogen) atoms. The van der Waals surface area contributed by atoms with Crippen molar-refractivity contribution in [3.8, 4) is 0 Å². The summed E-state index contributed by atoms with van der Waals surface area (Å²) in [6, 6.07) is 13.2. The first-order valence-corrected chi connectivity index (χ1v) is 9.97. The third-order valence-electron chi connectivity index (χ3n) is 5.09. The highest BCUT2D eigenvalue weighted by Gasteiger charge is 2.38. The monoisotopic (exact) mass is 411 g/mol. The molecule has 2 aromatic carbocycles. The van der Waals surface area contributed by atoms with E-state index >= 15 is 0 Å². The second-order valence-electron chi connectivity index (χ2n) is 6.86. The van der Waals surface area contributed by atoms with Crippen molar-refractivity contribution in [3.05, 3.63) is 65.6 Å². The van der Waals surface area contributed by atoms with Crippen LogP contribution < -0.4 is 10.2 Å². The summed E-state index contributed by atoms with van der Waals surface area (Å²) >= 11 is 0. The number of rotatable bonds is 9. The van der Waals surface area contributed by atoms with Gasteiger partial charge in [-0.3, -0.25) is 14.5 Å². The molecule has 6 nitrogen and oxygen atoms in total. The molecule has 7 heteroatoms. The van der Waals surface area contributed by atoms with Crippen molar-refractivity contribution in [1.82, 2.24) is 4.90 Å². The zero-order valence-electron chi connectivity index (χ0n) is 17.4. The number of hydrogen-bond donors (Lipinski definition) is 1. The number of halogens is 1. The first-order chi connectivity index (χ1) is 14.5. The van der Waals surface area contributed by atoms with Crippen molar-refractivity contribution in [2.75, 3.05) is 43.6 Å². The van der Waals surface area contributed by atoms with Gasteiger partial charge in [0.2, 0.25) is 0 Å². The summed E-state index contributed by atoms with van der Waals surface area (Å²) in [6.07, 6.45) is 0. The number of anilines is 2. The van der Waals surface area contributed by atoms with Crippen LogP contribution in [0.1, 0.15) is 19.4 Å². The quantitative estimate of drug-likeness (QED) is 0.640. The fourth-order valence-corrected chi connectivity index (χ4v) is 3.45. The Morgan fingerprint density at radius 1 is 0.967 bits per heavy atom. The number of hydrogen-bond acceptors (Lipinski definition) is 5. The van der Waals surface area contributed by atoms with Gasteiger partial charge in [0.05, 0.1) is 18.7 Å². The Hall–Kier alpha value is -3.19. The lowest BCUT2D eigenvalue weighted by molar-refractivity contribution is -0.137. The maximum Gasteiger partial charge on any atom is 0.278 e. The van der Waals surface area contributed by atoms with Crippen molar-refractivity contribution < 1.29 is 18.7 Å². The molecule has 1 N–H and O–H groups in total. The molecular formula is C23H26FN3O3. The van der Waals surface area contributed by atoms with E-state index in [1.54, 1.807) is 0 Å². The number of nitrogens with one attached hydrogen (secondary N) is 1. The van der Waals surface area contributed by atoms with Gasteiger partial charge < -0.3 is 15.0 Å². The van der Waals surface area contributed by atoms with Crippen LogP contribution in [0.25, 0.3) is 5.57 Å². The number of nitrogens with zero attached hydrogens (tertiary/aromatic N) is 2. The fourth-order valence-electron chi connectivity index (χ4n) is 3.45. The van der Waals surface area contributed by atoms with E-state index in [-0.39, 0.29) is 24.4 Å². The van der Waals surface area contributed by atoms with Gasteiger partial charge in [0.1, 0.15) is 11.5 Å². The van der Waals surface area contributed by atoms with Gasteiger partial charge in [-0.2, -0.15) is 0 Å². The molecule has 1 aliphatic rings. The molecule has 1 heterocycles. The molecule has 158 valence electrons. The zero-order chi connectivity index (χ0) is 21.7. The average Bonchev–Trinajstić information content (AvgIpc) is 2.98. The molecule has 0 fully saturated rings. The van der Waals surface area contributed by atoms with Crippen molar-refractivity contribution in [2.24, 2.45) is 0 Å². The second-order valence-corrected chi connectivity index (χ2v) is 6.86. The molecule has 0 atom stereocenters. The van der Waals surface area contributed by atoms with Crippen LogP contribution in [-0.4, -0.2) is 50.1 Å². The van der Waals surface area contributed by atoms with Crippen LogP contribution in [0.4, 0.5) is 15.8 Å². The normalized spacial score (nSPS) is 13.9. The van der Waals surface area contributed by atoms with E-state index < -0.39 is 17.6 Å². The molecular weight excluding hydrogens is 385 g/mol. The Labute approximate surface area is 175 Å². The largest absolute Gasteiger partial charge is 0.383 e. The second kappa shape index (κ2) is 9.54. The van der Waals surface area contributed by atoms with E-state index in [2.05, 4.69) is 24.1 Å². The van der Waals surface area contributed by atoms with Crippen LogP contribution in [0.5, 0.6) is 0 Å². The van der Waals surface area contributed by atoms with Crippen molar-refractivity contribution in [2.45, 2.75) is 13.8 Å². The van der Waals surface area contributed by atoms with E-state index in [4.69, 9.17) is 4.74 Å². The summed E-state index contributed by atoms with van der Waals surface area (Å²) in [5.41, 5.74) is 2.66. The average molecular weight is 411 g/mol. The highest BCUT2D eigenvalue weighted by atomic mass is 19.1. The van der Waals surface area contributed by atoms with Crippen molar-refractivity contribution in [1.29, 1.82) is 0 Å². The number of amides is 2. The molecule has 1 aliphatic heterocycles. The fraction of sp³-hybridized carbons (Fsp3) is 0.304. The number of ether oxygens (including phenoxy) is 1. The standard InChI is InChI=1S/C23H26FN3O3/c1-4-26(5-2)19-12-10-18(11-13-19)25-21-20(16-6-8-17(24)9-7-16)22(28)27(23(21)29)14-15-30-3/h6-13,25H,4-5,14-15H2,1-3H3. The van der Waals surface area contributed by atoms with Crippen LogP contribution in [0.15, 0.2) is 54.2 Å². The molecule has 3 rings (SSSR count). The first-order valence-electron chi connectivity index (χ1n) is 9.97. The Balaban J connectivity index is 1.95. The third-order valence-corrected chi connectivity index (χ3v) is 5.09. The summed E-state index contributed by atoms with van der Waals surface area (Å²) in [6.45, 7) is 6.35. The Bertz CT molecular complexity index is 935. The summed E-state index contributed by atoms with van der Waals surface area (Å²) < 4.78 is 18.4. The van der Waals surface area contributed by atoms with Gasteiger partial charge in [-0.15, -0.1) is 0 Å². The van der Waals surface area contributed by atoms with Gasteiger partial charge >= 0.3 is 0 Å². The molecule has 0 saturated heterocycles. The summed E-state index contributed by atoms with van der Waals surface area (Å²) in [5, 5.41) is 3.11. The minimum atomic E-state index is -0.427. The maximum absolute atomic E-state index is 13.4. The summed E-state index contributed by atoms with van der Waals surface area (Å²) in [5.74, 6) is -1.26. The van der Waals surface area contributed by atoms with E-state index in [9.17, 15) is 14.0 Å². The SMILES string of the molecule is CCN(CC)c1ccc(NC2=C(c3ccc(F)cc3)C(=O)N(CCOC)C2=O)cc1. The predicted octanol–water partition coefficient (Wildman–Crippen LogP) is 3.51. The molecule has 0 radical (unpaired) electrons. The lowest BCUT2D eigenvalue weighted by Gasteiger charge is -2.21. The van der Waals surface area contributed by atoms with Crippen LogP contribution in [-0.2, 0) is 14.3 Å². The molecule has 2 amide bonds. The van der Waals surface area contributed by atoms with Crippen molar-refractivity contribution >= 4 is 28.8 Å². The van der Waals surface area contributed by atoms with E-state index in [1.807, 2.05) is 24.3 Å². The lowest BCUT2D eigenvalue weighted by Crippen LogP contribution is -2.35. The van der Waals surface area contributed by atoms with Gasteiger partial charge in [-0.1, -0.05) is 12.1 Å². The number of carbonyl (C=O) groups is 2. The molecule has 0 aliphatic carbocycles. The number of imide groups is 1. The Kier molecular flexibility index (Phi) is 6.84. The van der Waals surface area contributed by atoms with Gasteiger partial charge in [-0.05, 0) is 55.8 Å². The first kappa shape index (κ1) is 21.5. The lowest BCUT2D eigenvalue weighted by atomic mass is 10.0. The summed E-state index contributed by atoms with van der Waals surface area (Å²) in [4.78, 5) is 29.3. The number of carbonyl (C=O) groups excluding carboxylic acids is 2. The van der Waals surface area contributed by atoms with Crippen LogP contribution >= 0.6 is 0 Å². The molecule has 0 spiro atoms. The predicted molar refractivity (Wildman–Crippen MR) is 116 cm³/mol. The molecule has 2 aromatic rings. The van der Waals surface area contributed by atoms with Crippen LogP contribution in [0.3, 0.4) is 0 Å². The van der Waals surface area contributed by atoms with Crippen LogP contribution in [0, 0.1) is 5.82 Å². The molecule has 0 saturated carbocycles.